The minimum absolute atomic E-state index is 0.313. The number of aromatic nitrogens is 1. The lowest BCUT2D eigenvalue weighted by Gasteiger charge is -2.13. The number of hydrogen-bond acceptors (Lipinski definition) is 6. The maximum Gasteiger partial charge on any atom is 0.311 e. The lowest BCUT2D eigenvalue weighted by atomic mass is 10.2. The molecule has 7 nitrogen and oxygen atoms in total. The van der Waals surface area contributed by atoms with E-state index >= 15 is 0 Å². The van der Waals surface area contributed by atoms with Gasteiger partial charge in [-0.25, -0.2) is 9.37 Å². The summed E-state index contributed by atoms with van der Waals surface area (Å²) >= 11 is 1.24. The lowest BCUT2D eigenvalue weighted by Crippen LogP contribution is -2.30. The van der Waals surface area contributed by atoms with Crippen LogP contribution in [0.25, 0.3) is 11.3 Å². The number of halogens is 1. The molecule has 138 valence electrons. The van der Waals surface area contributed by atoms with Gasteiger partial charge in [-0.2, -0.15) is 0 Å². The average molecular weight is 387 g/mol. The second-order valence-corrected chi connectivity index (χ2v) is 6.38. The van der Waals surface area contributed by atoms with Crippen LogP contribution in [0, 0.1) is 15.9 Å². The third kappa shape index (κ3) is 4.45. The Hall–Kier alpha value is -3.33. The first-order valence-electron chi connectivity index (χ1n) is 7.86. The molecule has 0 saturated carbocycles. The van der Waals surface area contributed by atoms with Crippen molar-refractivity contribution in [2.45, 2.75) is 13.0 Å². The molecule has 0 aliphatic rings. The molecule has 2 aromatic carbocycles. The number of carbonyl (C=O) groups excluding carboxylic acids is 1. The van der Waals surface area contributed by atoms with Gasteiger partial charge in [0, 0.05) is 23.1 Å². The Labute approximate surface area is 157 Å². The highest BCUT2D eigenvalue weighted by Crippen LogP contribution is 2.29. The zero-order valence-electron chi connectivity index (χ0n) is 14.1. The van der Waals surface area contributed by atoms with Gasteiger partial charge in [-0.15, -0.1) is 11.3 Å². The Bertz CT molecular complexity index is 978. The summed E-state index contributed by atoms with van der Waals surface area (Å²) in [7, 11) is 0. The first kappa shape index (κ1) is 18.5. The molecule has 9 heteroatoms. The fraction of sp³-hybridized carbons (Fsp3) is 0.111. The summed E-state index contributed by atoms with van der Waals surface area (Å²) < 4.78 is 18.7. The molecule has 1 aromatic heterocycles. The van der Waals surface area contributed by atoms with E-state index in [9.17, 15) is 19.3 Å². The average Bonchev–Trinajstić information content (AvgIpc) is 3.10. The summed E-state index contributed by atoms with van der Waals surface area (Å²) in [5.41, 5.74) is 1.20. The van der Waals surface area contributed by atoms with Gasteiger partial charge in [-0.1, -0.05) is 30.3 Å². The fourth-order valence-corrected chi connectivity index (χ4v) is 2.98. The summed E-state index contributed by atoms with van der Waals surface area (Å²) in [4.78, 5) is 26.9. The number of amides is 1. The quantitative estimate of drug-likeness (QED) is 0.504. The minimum Gasteiger partial charge on any atom is -0.474 e. The summed E-state index contributed by atoms with van der Waals surface area (Å²) in [5, 5.41) is 15.8. The molecule has 1 atom stereocenters. The maximum absolute atomic E-state index is 13.4. The standard InChI is InChI=1S/C18H14FN3O4S/c1-11(26-16-9-13(19)7-8-15(16)22(24)25)17(23)21-18-20-14(10-27-18)12-5-3-2-4-6-12/h2-11H,1H3,(H,20,21,23)/t11-/m0/s1. The van der Waals surface area contributed by atoms with Crippen LogP contribution >= 0.6 is 11.3 Å². The van der Waals surface area contributed by atoms with E-state index in [2.05, 4.69) is 10.3 Å². The highest BCUT2D eigenvalue weighted by molar-refractivity contribution is 7.14. The first-order chi connectivity index (χ1) is 12.9. The van der Waals surface area contributed by atoms with E-state index in [1.807, 2.05) is 30.3 Å². The van der Waals surface area contributed by atoms with Crippen LogP contribution < -0.4 is 10.1 Å². The van der Waals surface area contributed by atoms with Crippen molar-refractivity contribution in [1.29, 1.82) is 0 Å². The molecular formula is C18H14FN3O4S. The number of nitro benzene ring substituents is 1. The van der Waals surface area contributed by atoms with E-state index in [4.69, 9.17) is 4.74 Å². The van der Waals surface area contributed by atoms with Crippen molar-refractivity contribution in [2.24, 2.45) is 0 Å². The Kier molecular flexibility index (Phi) is 5.41. The van der Waals surface area contributed by atoms with Gasteiger partial charge < -0.3 is 4.74 Å². The van der Waals surface area contributed by atoms with E-state index in [1.54, 1.807) is 5.38 Å². The number of nitrogens with one attached hydrogen (secondary N) is 1. The number of nitrogens with zero attached hydrogens (tertiary/aromatic N) is 2. The number of benzene rings is 2. The molecule has 1 amide bonds. The molecule has 27 heavy (non-hydrogen) atoms. The van der Waals surface area contributed by atoms with Crippen molar-refractivity contribution in [1.82, 2.24) is 4.98 Å². The predicted octanol–water partition coefficient (Wildman–Crippen LogP) is 4.26. The van der Waals surface area contributed by atoms with Crippen molar-refractivity contribution in [3.63, 3.8) is 0 Å². The van der Waals surface area contributed by atoms with E-state index in [-0.39, 0.29) is 5.75 Å². The normalized spacial score (nSPS) is 11.6. The second-order valence-electron chi connectivity index (χ2n) is 5.52. The summed E-state index contributed by atoms with van der Waals surface area (Å²) in [6, 6.07) is 12.3. The molecule has 0 aliphatic heterocycles. The second kappa shape index (κ2) is 7.92. The van der Waals surface area contributed by atoms with Gasteiger partial charge in [0.15, 0.2) is 11.2 Å². The SMILES string of the molecule is C[C@H](Oc1cc(F)ccc1[N+](=O)[O-])C(=O)Nc1nc(-c2ccccc2)cs1. The van der Waals surface area contributed by atoms with Gasteiger partial charge in [-0.05, 0) is 13.0 Å². The van der Waals surface area contributed by atoms with E-state index in [0.717, 1.165) is 23.8 Å². The lowest BCUT2D eigenvalue weighted by molar-refractivity contribution is -0.386. The number of nitro groups is 1. The summed E-state index contributed by atoms with van der Waals surface area (Å²) in [6.07, 6.45) is -1.09. The molecule has 0 saturated heterocycles. The number of anilines is 1. The Morgan fingerprint density at radius 2 is 2.04 bits per heavy atom. The van der Waals surface area contributed by atoms with Gasteiger partial charge in [0.2, 0.25) is 5.75 Å². The molecule has 0 fully saturated rings. The Balaban J connectivity index is 1.69. The Morgan fingerprint density at radius 3 is 2.74 bits per heavy atom. The summed E-state index contributed by atoms with van der Waals surface area (Å²) in [5.74, 6) is -1.56. The minimum atomic E-state index is -1.09. The van der Waals surface area contributed by atoms with Gasteiger partial charge in [0.05, 0.1) is 10.6 Å². The number of rotatable bonds is 6. The van der Waals surface area contributed by atoms with Crippen LogP contribution in [0.1, 0.15) is 6.92 Å². The van der Waals surface area contributed by atoms with Crippen LogP contribution in [-0.4, -0.2) is 21.9 Å². The highest BCUT2D eigenvalue weighted by atomic mass is 32.1. The monoisotopic (exact) mass is 387 g/mol. The predicted molar refractivity (Wildman–Crippen MR) is 99.3 cm³/mol. The van der Waals surface area contributed by atoms with Crippen LogP contribution in [0.2, 0.25) is 0 Å². The van der Waals surface area contributed by atoms with Gasteiger partial charge in [0.1, 0.15) is 5.82 Å². The molecule has 0 radical (unpaired) electrons. The smallest absolute Gasteiger partial charge is 0.311 e. The molecule has 0 aliphatic carbocycles. The topological polar surface area (TPSA) is 94.4 Å². The molecule has 0 spiro atoms. The summed E-state index contributed by atoms with van der Waals surface area (Å²) in [6.45, 7) is 1.41. The van der Waals surface area contributed by atoms with E-state index in [1.165, 1.54) is 18.3 Å². The first-order valence-corrected chi connectivity index (χ1v) is 8.74. The zero-order valence-corrected chi connectivity index (χ0v) is 14.9. The van der Waals surface area contributed by atoms with Crippen LogP contribution in [0.3, 0.4) is 0 Å². The molecule has 0 bridgehead atoms. The zero-order chi connectivity index (χ0) is 19.4. The fourth-order valence-electron chi connectivity index (χ4n) is 2.26. The molecule has 3 aromatic rings. The maximum atomic E-state index is 13.4. The largest absolute Gasteiger partial charge is 0.474 e. The molecule has 0 unspecified atom stereocenters. The third-order valence-electron chi connectivity index (χ3n) is 3.60. The molecule has 3 rings (SSSR count). The van der Waals surface area contributed by atoms with Crippen molar-refractivity contribution < 1.29 is 18.8 Å². The molecular weight excluding hydrogens is 373 g/mol. The van der Waals surface area contributed by atoms with Crippen LogP contribution in [0.4, 0.5) is 15.2 Å². The van der Waals surface area contributed by atoms with Crippen molar-refractivity contribution >= 4 is 28.1 Å². The van der Waals surface area contributed by atoms with Gasteiger partial charge in [0.25, 0.3) is 5.91 Å². The van der Waals surface area contributed by atoms with Crippen molar-refractivity contribution in [2.75, 3.05) is 5.32 Å². The highest BCUT2D eigenvalue weighted by Gasteiger charge is 2.22. The molecule has 1 N–H and O–H groups in total. The number of hydrogen-bond donors (Lipinski definition) is 1. The third-order valence-corrected chi connectivity index (χ3v) is 4.35. The number of ether oxygens (including phenoxy) is 1. The van der Waals surface area contributed by atoms with Crippen molar-refractivity contribution in [3.8, 4) is 17.0 Å². The number of carbonyl (C=O) groups is 1. The van der Waals surface area contributed by atoms with Crippen molar-refractivity contribution in [3.05, 3.63) is 69.8 Å². The molecule has 1 heterocycles. The number of thiazole rings is 1. The van der Waals surface area contributed by atoms with Crippen LogP contribution in [-0.2, 0) is 4.79 Å². The van der Waals surface area contributed by atoms with Gasteiger partial charge in [-0.3, -0.25) is 20.2 Å². The van der Waals surface area contributed by atoms with E-state index < -0.39 is 28.4 Å². The van der Waals surface area contributed by atoms with Crippen LogP contribution in [0.15, 0.2) is 53.9 Å². The van der Waals surface area contributed by atoms with E-state index in [0.29, 0.717) is 10.8 Å². The van der Waals surface area contributed by atoms with Crippen LogP contribution in [0.5, 0.6) is 5.75 Å². The Morgan fingerprint density at radius 1 is 1.30 bits per heavy atom. The van der Waals surface area contributed by atoms with Gasteiger partial charge >= 0.3 is 5.69 Å².